The van der Waals surface area contributed by atoms with E-state index >= 15 is 0 Å². The molecule has 2 N–H and O–H groups in total. The predicted octanol–water partition coefficient (Wildman–Crippen LogP) is 3.43. The van der Waals surface area contributed by atoms with Gasteiger partial charge in [0.2, 0.25) is 0 Å². The maximum Gasteiger partial charge on any atom is 0.254 e. The number of ether oxygens (including phenoxy) is 1. The summed E-state index contributed by atoms with van der Waals surface area (Å²) in [5.41, 5.74) is 3.29. The van der Waals surface area contributed by atoms with Gasteiger partial charge >= 0.3 is 0 Å². The third-order valence-corrected chi connectivity index (χ3v) is 5.04. The summed E-state index contributed by atoms with van der Waals surface area (Å²) < 4.78 is 5.72. The normalized spacial score (nSPS) is 15.7. The number of aromatic nitrogens is 3. The van der Waals surface area contributed by atoms with Gasteiger partial charge in [-0.15, -0.1) is 0 Å². The van der Waals surface area contributed by atoms with Crippen molar-refractivity contribution in [2.45, 2.75) is 26.2 Å². The number of pyridine rings is 1. The van der Waals surface area contributed by atoms with E-state index in [1.165, 1.54) is 5.56 Å². The molecule has 0 radical (unpaired) electrons. The monoisotopic (exact) mass is 362 g/mol. The minimum atomic E-state index is -0.113. The first kappa shape index (κ1) is 17.3. The second kappa shape index (κ2) is 7.23. The number of aromatic amines is 1. The number of nitrogens with zero attached hydrogens (tertiary/aromatic N) is 2. The summed E-state index contributed by atoms with van der Waals surface area (Å²) in [6, 6.07) is 12.0. The summed E-state index contributed by atoms with van der Waals surface area (Å²) in [7, 11) is 0. The number of nitrogens with one attached hydrogen (secondary N) is 2. The van der Waals surface area contributed by atoms with Crippen LogP contribution in [0.2, 0.25) is 0 Å². The van der Waals surface area contributed by atoms with E-state index in [-0.39, 0.29) is 5.56 Å². The molecule has 1 aliphatic heterocycles. The van der Waals surface area contributed by atoms with E-state index in [0.717, 1.165) is 42.4 Å². The third kappa shape index (κ3) is 3.56. The predicted molar refractivity (Wildman–Crippen MR) is 105 cm³/mol. The van der Waals surface area contributed by atoms with Crippen LogP contribution < -0.4 is 15.6 Å². The van der Waals surface area contributed by atoms with Gasteiger partial charge in [-0.2, -0.15) is 0 Å². The van der Waals surface area contributed by atoms with Crippen LogP contribution in [0.4, 0.5) is 5.82 Å². The molecular weight excluding hydrogens is 340 g/mol. The molecule has 4 rings (SSSR count). The molecule has 0 fully saturated rings. The number of anilines is 1. The lowest BCUT2D eigenvalue weighted by atomic mass is 9.93. The van der Waals surface area contributed by atoms with E-state index < -0.39 is 0 Å². The molecule has 6 nitrogen and oxygen atoms in total. The fourth-order valence-electron chi connectivity index (χ4n) is 3.28. The van der Waals surface area contributed by atoms with Gasteiger partial charge in [0.15, 0.2) is 0 Å². The Kier molecular flexibility index (Phi) is 4.62. The Morgan fingerprint density at radius 2 is 2.07 bits per heavy atom. The van der Waals surface area contributed by atoms with Crippen molar-refractivity contribution in [2.75, 3.05) is 18.5 Å². The van der Waals surface area contributed by atoms with E-state index in [2.05, 4.69) is 26.3 Å². The molecule has 138 valence electrons. The average Bonchev–Trinajstić information content (AvgIpc) is 2.70. The van der Waals surface area contributed by atoms with Crippen molar-refractivity contribution in [1.82, 2.24) is 15.0 Å². The summed E-state index contributed by atoms with van der Waals surface area (Å²) in [5.74, 6) is 2.72. The fraction of sp³-hybridized carbons (Fsp3) is 0.286. The first-order chi connectivity index (χ1) is 13.1. The molecule has 2 aromatic heterocycles. The van der Waals surface area contributed by atoms with E-state index in [0.29, 0.717) is 17.3 Å². The van der Waals surface area contributed by atoms with E-state index in [1.54, 1.807) is 13.1 Å². The molecule has 0 spiro atoms. The second-order valence-electron chi connectivity index (χ2n) is 6.81. The number of para-hydroxylation sites is 1. The number of hydrogen-bond donors (Lipinski definition) is 2. The fourth-order valence-corrected chi connectivity index (χ4v) is 3.28. The summed E-state index contributed by atoms with van der Waals surface area (Å²) in [5, 5.41) is 3.41. The Hall–Kier alpha value is -3.15. The van der Waals surface area contributed by atoms with Crippen molar-refractivity contribution in [3.8, 4) is 17.1 Å². The molecule has 6 heteroatoms. The third-order valence-electron chi connectivity index (χ3n) is 5.04. The number of rotatable bonds is 4. The lowest BCUT2D eigenvalue weighted by Gasteiger charge is -2.26. The number of aryl methyl sites for hydroxylation is 1. The Labute approximate surface area is 157 Å². The lowest BCUT2D eigenvalue weighted by Crippen LogP contribution is -2.21. The largest absolute Gasteiger partial charge is 0.493 e. The molecule has 3 aromatic rings. The summed E-state index contributed by atoms with van der Waals surface area (Å²) in [6.45, 7) is 5.14. The molecule has 3 heterocycles. The molecular formula is C21H22N4O2. The highest BCUT2D eigenvalue weighted by molar-refractivity contribution is 5.56. The van der Waals surface area contributed by atoms with Gasteiger partial charge in [0.25, 0.3) is 5.56 Å². The summed E-state index contributed by atoms with van der Waals surface area (Å²) in [4.78, 5) is 23.7. The van der Waals surface area contributed by atoms with Gasteiger partial charge in [0.1, 0.15) is 17.4 Å². The molecule has 1 aromatic carbocycles. The van der Waals surface area contributed by atoms with E-state index in [4.69, 9.17) is 4.74 Å². The Bertz CT molecular complexity index is 1010. The molecule has 0 aliphatic carbocycles. The maximum atomic E-state index is 11.9. The molecule has 27 heavy (non-hydrogen) atoms. The highest BCUT2D eigenvalue weighted by Crippen LogP contribution is 2.33. The highest BCUT2D eigenvalue weighted by atomic mass is 16.5. The van der Waals surface area contributed by atoms with Crippen LogP contribution in [0.3, 0.4) is 0 Å². The van der Waals surface area contributed by atoms with Crippen LogP contribution in [-0.2, 0) is 0 Å². The molecule has 0 amide bonds. The molecule has 0 bridgehead atoms. The van der Waals surface area contributed by atoms with Crippen molar-refractivity contribution in [1.29, 1.82) is 0 Å². The van der Waals surface area contributed by atoms with E-state index in [9.17, 15) is 4.79 Å². The first-order valence-corrected chi connectivity index (χ1v) is 9.11. The number of benzene rings is 1. The van der Waals surface area contributed by atoms with Gasteiger partial charge < -0.3 is 15.0 Å². The van der Waals surface area contributed by atoms with Gasteiger partial charge in [0, 0.05) is 35.5 Å². The second-order valence-corrected chi connectivity index (χ2v) is 6.81. The van der Waals surface area contributed by atoms with Crippen LogP contribution in [0.5, 0.6) is 5.75 Å². The highest BCUT2D eigenvalue weighted by Gasteiger charge is 2.20. The smallest absolute Gasteiger partial charge is 0.254 e. The topological polar surface area (TPSA) is 79.9 Å². The van der Waals surface area contributed by atoms with Crippen molar-refractivity contribution < 1.29 is 4.74 Å². The maximum absolute atomic E-state index is 11.9. The minimum Gasteiger partial charge on any atom is -0.493 e. The zero-order valence-corrected chi connectivity index (χ0v) is 15.5. The van der Waals surface area contributed by atoms with Crippen molar-refractivity contribution in [3.05, 3.63) is 69.8 Å². The lowest BCUT2D eigenvalue weighted by molar-refractivity contribution is 0.270. The molecule has 1 unspecified atom stereocenters. The zero-order chi connectivity index (χ0) is 18.8. The van der Waals surface area contributed by atoms with Crippen molar-refractivity contribution >= 4 is 5.82 Å². The molecule has 1 aliphatic rings. The minimum absolute atomic E-state index is 0.113. The molecule has 0 saturated heterocycles. The number of hydrogen-bond acceptors (Lipinski definition) is 5. The Morgan fingerprint density at radius 3 is 2.85 bits per heavy atom. The van der Waals surface area contributed by atoms with Crippen LogP contribution in [0, 0.1) is 13.8 Å². The average molecular weight is 362 g/mol. The number of H-pyrrole nitrogens is 1. The quantitative estimate of drug-likeness (QED) is 0.743. The summed E-state index contributed by atoms with van der Waals surface area (Å²) in [6.07, 6.45) is 2.71. The van der Waals surface area contributed by atoms with Gasteiger partial charge in [-0.25, -0.2) is 9.97 Å². The van der Waals surface area contributed by atoms with Crippen molar-refractivity contribution in [3.63, 3.8) is 0 Å². The van der Waals surface area contributed by atoms with Crippen LogP contribution in [0.25, 0.3) is 11.4 Å². The Morgan fingerprint density at radius 1 is 1.22 bits per heavy atom. The van der Waals surface area contributed by atoms with Gasteiger partial charge in [-0.05, 0) is 44.0 Å². The van der Waals surface area contributed by atoms with Crippen molar-refractivity contribution in [2.24, 2.45) is 0 Å². The standard InChI is InChI=1S/C21H22N4O2/c1-13-14(2)24-20(25-21(13)26)16-7-8-19(23-12-16)22-11-15-9-10-27-18-6-4-3-5-17(15)18/h3-8,12,15H,9-11H2,1-2H3,(H,22,23)(H,24,25,26). The Balaban J connectivity index is 1.47. The zero-order valence-electron chi connectivity index (χ0n) is 15.5. The van der Waals surface area contributed by atoms with Crippen LogP contribution in [0.1, 0.15) is 29.2 Å². The van der Waals surface area contributed by atoms with Crippen LogP contribution >= 0.6 is 0 Å². The SMILES string of the molecule is Cc1nc(-c2ccc(NCC3CCOc4ccccc43)nc2)[nH]c(=O)c1C. The van der Waals surface area contributed by atoms with Gasteiger partial charge in [0.05, 0.1) is 6.61 Å². The van der Waals surface area contributed by atoms with Gasteiger partial charge in [-0.1, -0.05) is 18.2 Å². The van der Waals surface area contributed by atoms with Gasteiger partial charge in [-0.3, -0.25) is 4.79 Å². The van der Waals surface area contributed by atoms with Crippen LogP contribution in [-0.4, -0.2) is 28.1 Å². The van der Waals surface area contributed by atoms with Crippen LogP contribution in [0.15, 0.2) is 47.4 Å². The number of fused-ring (bicyclic) bond motifs is 1. The summed E-state index contributed by atoms with van der Waals surface area (Å²) >= 11 is 0. The molecule has 1 atom stereocenters. The van der Waals surface area contributed by atoms with E-state index in [1.807, 2.05) is 37.3 Å². The first-order valence-electron chi connectivity index (χ1n) is 9.11. The molecule has 0 saturated carbocycles.